The summed E-state index contributed by atoms with van der Waals surface area (Å²) in [6.45, 7) is 5.88. The Labute approximate surface area is 247 Å². The van der Waals surface area contributed by atoms with E-state index < -0.39 is 5.97 Å². The zero-order valence-corrected chi connectivity index (χ0v) is 24.5. The van der Waals surface area contributed by atoms with Gasteiger partial charge in [0.25, 0.3) is 0 Å². The van der Waals surface area contributed by atoms with Crippen molar-refractivity contribution < 1.29 is 28.5 Å². The van der Waals surface area contributed by atoms with Gasteiger partial charge in [0.1, 0.15) is 24.8 Å². The smallest absolute Gasteiger partial charge is 0.333 e. The summed E-state index contributed by atoms with van der Waals surface area (Å²) in [5.41, 5.74) is 5.16. The van der Waals surface area contributed by atoms with Gasteiger partial charge in [-0.25, -0.2) is 9.18 Å². The first kappa shape index (κ1) is 30.8. The summed E-state index contributed by atoms with van der Waals surface area (Å²) in [5.74, 6) is 0.266. The predicted octanol–water partition coefficient (Wildman–Crippen LogP) is 7.19. The first-order chi connectivity index (χ1) is 19.9. The van der Waals surface area contributed by atoms with Crippen LogP contribution in [-0.2, 0) is 19.0 Å². The van der Waals surface area contributed by atoms with Gasteiger partial charge in [0.2, 0.25) is 0 Å². The van der Waals surface area contributed by atoms with Crippen LogP contribution < -0.4 is 0 Å². The highest BCUT2D eigenvalue weighted by Crippen LogP contribution is 2.36. The lowest BCUT2D eigenvalue weighted by Gasteiger charge is -2.26. The van der Waals surface area contributed by atoms with E-state index in [-0.39, 0.29) is 32.2 Å². The van der Waals surface area contributed by atoms with Gasteiger partial charge < -0.3 is 19.3 Å². The fourth-order valence-electron chi connectivity index (χ4n) is 5.12. The van der Waals surface area contributed by atoms with Gasteiger partial charge in [0, 0.05) is 22.0 Å². The van der Waals surface area contributed by atoms with Crippen molar-refractivity contribution in [3.63, 3.8) is 0 Å². The summed E-state index contributed by atoms with van der Waals surface area (Å²) in [5, 5.41) is 9.40. The minimum atomic E-state index is -0.512. The number of halogens is 1. The standard InChI is InChI=1S/C34H39FO5S/c1-23(2)34(37)40-22-29-20-28(4-3-5-33(29)39-19-18-38-17-16-36)31-15-12-27(21-32(31)35)26-8-6-24(7-9-26)25-10-13-30(41)14-11-25/h4-9,12,15,20-21,25,30,36,41H,1,3,10-11,13-14,16-19,22H2,2H3. The van der Waals surface area contributed by atoms with Crippen LogP contribution in [0.4, 0.5) is 4.39 Å². The second-order valence-electron chi connectivity index (χ2n) is 10.5. The Balaban J connectivity index is 1.50. The van der Waals surface area contributed by atoms with Crippen molar-refractivity contribution in [3.8, 4) is 11.1 Å². The van der Waals surface area contributed by atoms with E-state index in [9.17, 15) is 4.79 Å². The monoisotopic (exact) mass is 578 g/mol. The van der Waals surface area contributed by atoms with Gasteiger partial charge >= 0.3 is 5.97 Å². The van der Waals surface area contributed by atoms with Crippen molar-refractivity contribution in [2.45, 2.75) is 50.2 Å². The van der Waals surface area contributed by atoms with Crippen LogP contribution in [0.1, 0.15) is 56.1 Å². The highest BCUT2D eigenvalue weighted by molar-refractivity contribution is 7.80. The second kappa shape index (κ2) is 15.2. The maximum Gasteiger partial charge on any atom is 0.333 e. The third-order valence-corrected chi connectivity index (χ3v) is 7.92. The number of carbonyl (C=O) groups excluding carboxylic acids is 1. The summed E-state index contributed by atoms with van der Waals surface area (Å²) in [4.78, 5) is 12.1. The molecule has 0 unspecified atom stereocenters. The summed E-state index contributed by atoms with van der Waals surface area (Å²) in [7, 11) is 0. The van der Waals surface area contributed by atoms with E-state index in [4.69, 9.17) is 19.3 Å². The lowest BCUT2D eigenvalue weighted by atomic mass is 9.83. The molecular weight excluding hydrogens is 539 g/mol. The van der Waals surface area contributed by atoms with Gasteiger partial charge in [-0.3, -0.25) is 0 Å². The zero-order chi connectivity index (χ0) is 29.2. The number of hydrogen-bond acceptors (Lipinski definition) is 6. The Morgan fingerprint density at radius 3 is 2.44 bits per heavy atom. The molecule has 0 saturated heterocycles. The number of hydrogen-bond donors (Lipinski definition) is 2. The number of aliphatic hydroxyl groups is 1. The highest BCUT2D eigenvalue weighted by Gasteiger charge is 2.20. The molecule has 1 fully saturated rings. The Hall–Kier alpha value is -3.13. The summed E-state index contributed by atoms with van der Waals surface area (Å²) < 4.78 is 32.2. The summed E-state index contributed by atoms with van der Waals surface area (Å²) >= 11 is 4.61. The molecule has 41 heavy (non-hydrogen) atoms. The first-order valence-electron chi connectivity index (χ1n) is 14.2. The molecule has 2 aromatic rings. The van der Waals surface area contributed by atoms with Crippen LogP contribution in [0.2, 0.25) is 0 Å². The van der Waals surface area contributed by atoms with Crippen molar-refractivity contribution >= 4 is 24.2 Å². The number of esters is 1. The zero-order valence-electron chi connectivity index (χ0n) is 23.6. The van der Waals surface area contributed by atoms with Crippen molar-refractivity contribution in [1.82, 2.24) is 0 Å². The average molecular weight is 579 g/mol. The minimum absolute atomic E-state index is 0.0476. The van der Waals surface area contributed by atoms with Crippen molar-refractivity contribution in [1.29, 1.82) is 0 Å². The fourth-order valence-corrected chi connectivity index (χ4v) is 5.42. The Kier molecular flexibility index (Phi) is 11.4. The Bertz CT molecular complexity index is 1300. The third-order valence-electron chi connectivity index (χ3n) is 7.41. The maximum atomic E-state index is 15.6. The molecule has 0 aromatic heterocycles. The number of ether oxygens (including phenoxy) is 3. The molecule has 1 N–H and O–H groups in total. The maximum absolute atomic E-state index is 15.6. The van der Waals surface area contributed by atoms with E-state index in [2.05, 4.69) is 43.5 Å². The molecule has 0 aliphatic heterocycles. The van der Waals surface area contributed by atoms with Gasteiger partial charge in [-0.05, 0) is 85.4 Å². The molecule has 0 spiro atoms. The summed E-state index contributed by atoms with van der Waals surface area (Å²) in [6.07, 6.45) is 10.7. The second-order valence-corrected chi connectivity index (χ2v) is 11.2. The van der Waals surface area contributed by atoms with Crippen LogP contribution in [-0.4, -0.2) is 49.4 Å². The molecule has 2 aliphatic carbocycles. The summed E-state index contributed by atoms with van der Waals surface area (Å²) in [6, 6.07) is 13.8. The van der Waals surface area contributed by atoms with Crippen LogP contribution in [0.15, 0.2) is 84.2 Å². The molecule has 0 bridgehead atoms. The minimum Gasteiger partial charge on any atom is -0.491 e. The van der Waals surface area contributed by atoms with Crippen LogP contribution >= 0.6 is 12.6 Å². The normalized spacial score (nSPS) is 19.0. The highest BCUT2D eigenvalue weighted by atomic mass is 32.1. The fraction of sp³-hybridized carbons (Fsp3) is 0.382. The van der Waals surface area contributed by atoms with Crippen molar-refractivity contribution in [3.05, 3.63) is 101 Å². The number of aliphatic hydroxyl groups excluding tert-OH is 1. The largest absolute Gasteiger partial charge is 0.491 e. The van der Waals surface area contributed by atoms with E-state index in [0.29, 0.717) is 52.2 Å². The van der Waals surface area contributed by atoms with Crippen LogP contribution in [0.25, 0.3) is 16.7 Å². The van der Waals surface area contributed by atoms with Crippen LogP contribution in [0, 0.1) is 5.82 Å². The Morgan fingerprint density at radius 1 is 1.02 bits per heavy atom. The van der Waals surface area contributed by atoms with Crippen LogP contribution in [0.5, 0.6) is 0 Å². The SMILES string of the molecule is C=C(C)C(=O)OCC1=CC(c2ccc(-c3ccc(C4CCC(S)CC4)cc3)cc2F)=CCC=C1OCCOCCO. The molecule has 218 valence electrons. The van der Waals surface area contributed by atoms with E-state index in [1.165, 1.54) is 5.56 Å². The number of rotatable bonds is 12. The van der Waals surface area contributed by atoms with Crippen molar-refractivity contribution in [2.24, 2.45) is 0 Å². The topological polar surface area (TPSA) is 65.0 Å². The average Bonchev–Trinajstić information content (AvgIpc) is 3.18. The van der Waals surface area contributed by atoms with Gasteiger partial charge in [-0.1, -0.05) is 49.1 Å². The molecule has 0 radical (unpaired) electrons. The molecule has 0 heterocycles. The van der Waals surface area contributed by atoms with Gasteiger partial charge in [0.15, 0.2) is 0 Å². The molecule has 7 heteroatoms. The number of thiol groups is 1. The van der Waals surface area contributed by atoms with E-state index in [1.54, 1.807) is 25.1 Å². The first-order valence-corrected chi connectivity index (χ1v) is 14.7. The van der Waals surface area contributed by atoms with Gasteiger partial charge in [-0.15, -0.1) is 0 Å². The van der Waals surface area contributed by atoms with Gasteiger partial charge in [0.05, 0.1) is 19.8 Å². The number of carbonyl (C=O) groups is 1. The van der Waals surface area contributed by atoms with E-state index >= 15 is 4.39 Å². The molecule has 5 nitrogen and oxygen atoms in total. The van der Waals surface area contributed by atoms with E-state index in [0.717, 1.165) is 36.8 Å². The number of benzene rings is 2. The molecule has 2 aromatic carbocycles. The van der Waals surface area contributed by atoms with E-state index in [1.807, 2.05) is 18.2 Å². The lowest BCUT2D eigenvalue weighted by molar-refractivity contribution is -0.138. The van der Waals surface area contributed by atoms with Crippen LogP contribution in [0.3, 0.4) is 0 Å². The van der Waals surface area contributed by atoms with Gasteiger partial charge in [-0.2, -0.15) is 12.6 Å². The Morgan fingerprint density at radius 2 is 1.76 bits per heavy atom. The molecule has 0 amide bonds. The molecular formula is C34H39FO5S. The number of allylic oxidation sites excluding steroid dienone is 4. The third kappa shape index (κ3) is 8.68. The predicted molar refractivity (Wildman–Crippen MR) is 164 cm³/mol. The quantitative estimate of drug-likeness (QED) is 0.121. The molecule has 4 rings (SSSR count). The van der Waals surface area contributed by atoms with Crippen molar-refractivity contribution in [2.75, 3.05) is 33.0 Å². The molecule has 0 atom stereocenters. The lowest BCUT2D eigenvalue weighted by Crippen LogP contribution is -2.12. The molecule has 2 aliphatic rings. The molecule has 1 saturated carbocycles.